The zero-order chi connectivity index (χ0) is 7.28. The highest BCUT2D eigenvalue weighted by molar-refractivity contribution is 5.88. The van der Waals surface area contributed by atoms with Crippen molar-refractivity contribution in [3.63, 3.8) is 0 Å². The van der Waals surface area contributed by atoms with Crippen LogP contribution in [0.5, 0.6) is 0 Å². The molecule has 1 radical (unpaired) electrons. The lowest BCUT2D eigenvalue weighted by Gasteiger charge is -1.98. The topological polar surface area (TPSA) is 26.3 Å². The molecule has 0 amide bonds. The van der Waals surface area contributed by atoms with Crippen molar-refractivity contribution >= 4 is 5.97 Å². The molecule has 0 aromatic carbocycles. The van der Waals surface area contributed by atoms with Gasteiger partial charge < -0.3 is 4.74 Å². The Labute approximate surface area is 55.5 Å². The largest absolute Gasteiger partial charge is 0.466 e. The molecule has 0 saturated heterocycles. The molecule has 0 aliphatic rings. The molecule has 0 heterocycles. The van der Waals surface area contributed by atoms with E-state index in [4.69, 9.17) is 0 Å². The van der Waals surface area contributed by atoms with Gasteiger partial charge in [-0.05, 0) is 20.3 Å². The van der Waals surface area contributed by atoms with Crippen molar-refractivity contribution in [2.45, 2.75) is 13.3 Å². The molecule has 0 rings (SSSR count). The molecule has 0 aromatic heterocycles. The number of carbonyl (C=O) groups is 1. The van der Waals surface area contributed by atoms with Crippen LogP contribution in [0.15, 0.2) is 11.6 Å². The van der Waals surface area contributed by atoms with Crippen molar-refractivity contribution < 1.29 is 9.53 Å². The zero-order valence-corrected chi connectivity index (χ0v) is 5.81. The van der Waals surface area contributed by atoms with Crippen LogP contribution in [-0.4, -0.2) is 13.1 Å². The van der Waals surface area contributed by atoms with Crippen LogP contribution in [0.4, 0.5) is 0 Å². The van der Waals surface area contributed by atoms with Crippen LogP contribution in [0.3, 0.4) is 0 Å². The first-order valence-corrected chi connectivity index (χ1v) is 2.79. The second-order valence-electron chi connectivity index (χ2n) is 1.56. The van der Waals surface area contributed by atoms with Gasteiger partial charge in [0.2, 0.25) is 0 Å². The fourth-order valence-corrected chi connectivity index (χ4v) is 0.495. The molecule has 51 valence electrons. The first kappa shape index (κ1) is 8.21. The maximum Gasteiger partial charge on any atom is 0.333 e. The highest BCUT2D eigenvalue weighted by atomic mass is 16.5. The van der Waals surface area contributed by atoms with E-state index >= 15 is 0 Å². The van der Waals surface area contributed by atoms with Crippen LogP contribution in [0.2, 0.25) is 0 Å². The van der Waals surface area contributed by atoms with Gasteiger partial charge in [-0.25, -0.2) is 4.79 Å². The number of esters is 1. The summed E-state index contributed by atoms with van der Waals surface area (Å²) in [6, 6.07) is 0. The Kier molecular flexibility index (Phi) is 3.76. The standard InChI is InChI=1S/C7H11O2/c1-4-6(5-2)7(8)9-3/h5H,1,4H2,2-3H3/b6-5+. The number of rotatable bonds is 2. The average molecular weight is 127 g/mol. The first-order chi connectivity index (χ1) is 4.26. The fraction of sp³-hybridized carbons (Fsp3) is 0.429. The molecule has 0 unspecified atom stereocenters. The van der Waals surface area contributed by atoms with Crippen LogP contribution in [0, 0.1) is 6.92 Å². The molecule has 0 spiro atoms. The molecule has 0 bridgehead atoms. The van der Waals surface area contributed by atoms with Crippen molar-refractivity contribution in [3.8, 4) is 0 Å². The van der Waals surface area contributed by atoms with Crippen molar-refractivity contribution in [1.29, 1.82) is 0 Å². The van der Waals surface area contributed by atoms with E-state index in [1.807, 2.05) is 0 Å². The molecule has 0 aliphatic heterocycles. The van der Waals surface area contributed by atoms with Gasteiger partial charge in [0.15, 0.2) is 0 Å². The third-order valence-corrected chi connectivity index (χ3v) is 1.07. The predicted octanol–water partition coefficient (Wildman–Crippen LogP) is 1.33. The molecule has 2 heteroatoms. The molecule has 0 atom stereocenters. The molecule has 0 aliphatic carbocycles. The Morgan fingerprint density at radius 3 is 2.44 bits per heavy atom. The summed E-state index contributed by atoms with van der Waals surface area (Å²) in [5.74, 6) is -0.285. The Balaban J connectivity index is 3.97. The van der Waals surface area contributed by atoms with Gasteiger partial charge in [0.25, 0.3) is 0 Å². The summed E-state index contributed by atoms with van der Waals surface area (Å²) >= 11 is 0. The van der Waals surface area contributed by atoms with Crippen molar-refractivity contribution in [2.24, 2.45) is 0 Å². The summed E-state index contributed by atoms with van der Waals surface area (Å²) < 4.78 is 4.45. The number of ether oxygens (including phenoxy) is 1. The SMILES string of the molecule is [CH2]C/C(=C\C)C(=O)OC. The van der Waals surface area contributed by atoms with E-state index in [9.17, 15) is 4.79 Å². The van der Waals surface area contributed by atoms with Crippen LogP contribution < -0.4 is 0 Å². The second kappa shape index (κ2) is 4.13. The molecular formula is C7H11O2. The quantitative estimate of drug-likeness (QED) is 0.413. The normalized spacial score (nSPS) is 11.2. The van der Waals surface area contributed by atoms with E-state index in [0.29, 0.717) is 12.0 Å². The smallest absolute Gasteiger partial charge is 0.333 e. The number of hydrogen-bond acceptors (Lipinski definition) is 2. The second-order valence-corrected chi connectivity index (χ2v) is 1.56. The van der Waals surface area contributed by atoms with Gasteiger partial charge in [0.05, 0.1) is 7.11 Å². The Morgan fingerprint density at radius 2 is 2.33 bits per heavy atom. The molecule has 2 nitrogen and oxygen atoms in total. The Morgan fingerprint density at radius 1 is 1.78 bits per heavy atom. The van der Waals surface area contributed by atoms with Crippen molar-refractivity contribution in [1.82, 2.24) is 0 Å². The number of methoxy groups -OCH3 is 1. The highest BCUT2D eigenvalue weighted by Crippen LogP contribution is 2.00. The maximum absolute atomic E-state index is 10.6. The fourth-order valence-electron chi connectivity index (χ4n) is 0.495. The Bertz CT molecular complexity index is 125. The van der Waals surface area contributed by atoms with Gasteiger partial charge in [-0.15, -0.1) is 0 Å². The van der Waals surface area contributed by atoms with E-state index in [1.165, 1.54) is 7.11 Å². The first-order valence-electron chi connectivity index (χ1n) is 2.79. The lowest BCUT2D eigenvalue weighted by Crippen LogP contribution is -2.02. The highest BCUT2D eigenvalue weighted by Gasteiger charge is 2.03. The van der Waals surface area contributed by atoms with Gasteiger partial charge in [-0.2, -0.15) is 0 Å². The molecule has 0 aromatic rings. The number of hydrogen-bond donors (Lipinski definition) is 0. The van der Waals surface area contributed by atoms with Crippen molar-refractivity contribution in [3.05, 3.63) is 18.6 Å². The molecular weight excluding hydrogens is 116 g/mol. The summed E-state index contributed by atoms with van der Waals surface area (Å²) in [5.41, 5.74) is 0.623. The molecule has 0 fully saturated rings. The summed E-state index contributed by atoms with van der Waals surface area (Å²) in [5, 5.41) is 0. The molecule has 0 saturated carbocycles. The maximum atomic E-state index is 10.6. The van der Waals surface area contributed by atoms with Crippen LogP contribution >= 0.6 is 0 Å². The summed E-state index contributed by atoms with van der Waals surface area (Å²) in [6.07, 6.45) is 2.20. The van der Waals surface area contributed by atoms with Crippen LogP contribution in [-0.2, 0) is 9.53 Å². The lowest BCUT2D eigenvalue weighted by molar-refractivity contribution is -0.136. The number of carbonyl (C=O) groups excluding carboxylic acids is 1. The van der Waals surface area contributed by atoms with Crippen LogP contribution in [0.1, 0.15) is 13.3 Å². The Hall–Kier alpha value is -0.790. The zero-order valence-electron chi connectivity index (χ0n) is 5.81. The van der Waals surface area contributed by atoms with Gasteiger partial charge >= 0.3 is 5.97 Å². The summed E-state index contributed by atoms with van der Waals surface area (Å²) in [6.45, 7) is 5.35. The van der Waals surface area contributed by atoms with Crippen LogP contribution in [0.25, 0.3) is 0 Å². The summed E-state index contributed by atoms with van der Waals surface area (Å²) in [4.78, 5) is 10.6. The minimum Gasteiger partial charge on any atom is -0.466 e. The van der Waals surface area contributed by atoms with E-state index in [0.717, 1.165) is 0 Å². The minimum atomic E-state index is -0.285. The number of allylic oxidation sites excluding steroid dienone is 1. The summed E-state index contributed by atoms with van der Waals surface area (Å²) in [7, 11) is 1.36. The van der Waals surface area contributed by atoms with Gasteiger partial charge in [-0.3, -0.25) is 0 Å². The van der Waals surface area contributed by atoms with Crippen molar-refractivity contribution in [2.75, 3.05) is 7.11 Å². The van der Waals surface area contributed by atoms with Gasteiger partial charge in [0.1, 0.15) is 0 Å². The van der Waals surface area contributed by atoms with E-state index in [2.05, 4.69) is 11.7 Å². The van der Waals surface area contributed by atoms with Gasteiger partial charge in [0, 0.05) is 5.57 Å². The average Bonchev–Trinajstić information content (AvgIpc) is 1.90. The molecule has 9 heavy (non-hydrogen) atoms. The van der Waals surface area contributed by atoms with E-state index in [1.54, 1.807) is 13.0 Å². The molecule has 0 N–H and O–H groups in total. The van der Waals surface area contributed by atoms with E-state index < -0.39 is 0 Å². The van der Waals surface area contributed by atoms with E-state index in [-0.39, 0.29) is 5.97 Å². The lowest BCUT2D eigenvalue weighted by atomic mass is 10.2. The third kappa shape index (κ3) is 2.31. The monoisotopic (exact) mass is 127 g/mol. The predicted molar refractivity (Wildman–Crippen MR) is 35.7 cm³/mol. The minimum absolute atomic E-state index is 0.285. The third-order valence-electron chi connectivity index (χ3n) is 1.07. The van der Waals surface area contributed by atoms with Gasteiger partial charge in [-0.1, -0.05) is 6.08 Å².